The fraction of sp³-hybridized carbons (Fsp3) is 0.550. The smallest absolute Gasteiger partial charge is 0.221 e. The molecule has 28 heavy (non-hydrogen) atoms. The van der Waals surface area contributed by atoms with Gasteiger partial charge in [0, 0.05) is 50.6 Å². The largest absolute Gasteiger partial charge is 0.497 e. The van der Waals surface area contributed by atoms with E-state index >= 15 is 0 Å². The molecule has 1 amide bonds. The molecule has 1 N–H and O–H groups in total. The monoisotopic (exact) mass is 406 g/mol. The average Bonchev–Trinajstić information content (AvgIpc) is 3.16. The van der Waals surface area contributed by atoms with Crippen molar-refractivity contribution in [3.63, 3.8) is 0 Å². The van der Waals surface area contributed by atoms with E-state index in [1.807, 2.05) is 24.3 Å². The zero-order valence-electron chi connectivity index (χ0n) is 17.1. The summed E-state index contributed by atoms with van der Waals surface area (Å²) in [6, 6.07) is 8.21. The minimum absolute atomic E-state index is 0.0199. The van der Waals surface area contributed by atoms with Crippen molar-refractivity contribution in [3.8, 4) is 5.75 Å². The summed E-state index contributed by atoms with van der Waals surface area (Å²) in [4.78, 5) is 18.9. The third-order valence-corrected chi connectivity index (χ3v) is 5.32. The highest BCUT2D eigenvalue weighted by Gasteiger charge is 2.19. The quantitative estimate of drug-likeness (QED) is 0.546. The number of nitrogens with one attached hydrogen (secondary N) is 1. The van der Waals surface area contributed by atoms with Crippen molar-refractivity contribution in [2.24, 2.45) is 0 Å². The Morgan fingerprint density at radius 3 is 2.89 bits per heavy atom. The maximum absolute atomic E-state index is 12.0. The van der Waals surface area contributed by atoms with Crippen LogP contribution in [-0.4, -0.2) is 55.2 Å². The van der Waals surface area contributed by atoms with Crippen LogP contribution in [0.3, 0.4) is 0 Å². The predicted octanol–water partition coefficient (Wildman–Crippen LogP) is 2.90. The number of benzene rings is 1. The highest BCUT2D eigenvalue weighted by atomic mass is 32.1. The molecule has 1 heterocycles. The van der Waals surface area contributed by atoms with Gasteiger partial charge >= 0.3 is 0 Å². The van der Waals surface area contributed by atoms with Crippen molar-refractivity contribution in [3.05, 3.63) is 35.7 Å². The molecule has 1 aromatic heterocycles. The van der Waals surface area contributed by atoms with Crippen LogP contribution < -0.4 is 15.0 Å². The maximum atomic E-state index is 12.0. The molecule has 1 atom stereocenters. The number of hydrogen-bond donors (Lipinski definition) is 1. The molecule has 0 spiro atoms. The number of anilines is 1. The van der Waals surface area contributed by atoms with E-state index in [0.29, 0.717) is 32.5 Å². The van der Waals surface area contributed by atoms with E-state index in [-0.39, 0.29) is 11.9 Å². The standard InChI is InChI=1S/C20H30N4O3S/c1-5-15(2)24(11-9-19(25)21-10-12-26-3)20-22-18(23-28-20)14-16-7-6-8-17(13-16)27-4/h6-8,13,15H,5,9-12,14H2,1-4H3,(H,21,25)/t15-/m1/s1. The molecular formula is C20H30N4O3S. The van der Waals surface area contributed by atoms with Crippen molar-refractivity contribution in [2.75, 3.05) is 38.8 Å². The van der Waals surface area contributed by atoms with Crippen LogP contribution in [0.2, 0.25) is 0 Å². The molecule has 2 rings (SSSR count). The summed E-state index contributed by atoms with van der Waals surface area (Å²) >= 11 is 1.39. The molecule has 0 saturated carbocycles. The number of nitrogens with zero attached hydrogens (tertiary/aromatic N) is 3. The first-order valence-corrected chi connectivity index (χ1v) is 10.3. The van der Waals surface area contributed by atoms with Crippen molar-refractivity contribution >= 4 is 22.6 Å². The van der Waals surface area contributed by atoms with E-state index in [4.69, 9.17) is 14.5 Å². The van der Waals surface area contributed by atoms with Crippen LogP contribution in [0.25, 0.3) is 0 Å². The van der Waals surface area contributed by atoms with Crippen LogP contribution >= 0.6 is 11.5 Å². The van der Waals surface area contributed by atoms with E-state index < -0.39 is 0 Å². The molecule has 0 unspecified atom stereocenters. The van der Waals surface area contributed by atoms with Gasteiger partial charge in [0.2, 0.25) is 11.0 Å². The average molecular weight is 407 g/mol. The van der Waals surface area contributed by atoms with Gasteiger partial charge in [-0.15, -0.1) is 0 Å². The van der Waals surface area contributed by atoms with E-state index in [1.165, 1.54) is 11.5 Å². The second-order valence-corrected chi connectivity index (χ2v) is 7.30. The Morgan fingerprint density at radius 1 is 1.36 bits per heavy atom. The van der Waals surface area contributed by atoms with Crippen molar-refractivity contribution in [2.45, 2.75) is 39.2 Å². The number of aromatic nitrogens is 2. The van der Waals surface area contributed by atoms with Crippen LogP contribution in [-0.2, 0) is 16.0 Å². The van der Waals surface area contributed by atoms with E-state index in [9.17, 15) is 4.79 Å². The Labute approximate surface area is 171 Å². The molecule has 0 aliphatic heterocycles. The van der Waals surface area contributed by atoms with Gasteiger partial charge in [0.1, 0.15) is 11.6 Å². The molecule has 8 heteroatoms. The van der Waals surface area contributed by atoms with Crippen molar-refractivity contribution in [1.29, 1.82) is 0 Å². The van der Waals surface area contributed by atoms with Crippen LogP contribution in [0.5, 0.6) is 5.75 Å². The number of ether oxygens (including phenoxy) is 2. The van der Waals surface area contributed by atoms with Gasteiger partial charge in [0.05, 0.1) is 13.7 Å². The molecule has 0 saturated heterocycles. The first kappa shape index (κ1) is 22.1. The van der Waals surface area contributed by atoms with Gasteiger partial charge < -0.3 is 19.7 Å². The number of carbonyl (C=O) groups excluding carboxylic acids is 1. The number of rotatable bonds is 12. The summed E-state index contributed by atoms with van der Waals surface area (Å²) < 4.78 is 14.8. The van der Waals surface area contributed by atoms with Gasteiger partial charge in [-0.1, -0.05) is 19.1 Å². The Hall–Kier alpha value is -2.19. The summed E-state index contributed by atoms with van der Waals surface area (Å²) in [6.07, 6.45) is 2.04. The molecule has 0 radical (unpaired) electrons. The molecule has 154 valence electrons. The lowest BCUT2D eigenvalue weighted by molar-refractivity contribution is -0.121. The van der Waals surface area contributed by atoms with Crippen LogP contribution in [0.4, 0.5) is 5.13 Å². The SMILES string of the molecule is CC[C@@H](C)N(CCC(=O)NCCOC)c1nc(Cc2cccc(OC)c2)ns1. The zero-order chi connectivity index (χ0) is 20.4. The van der Waals surface area contributed by atoms with Gasteiger partial charge in [-0.25, -0.2) is 4.98 Å². The molecule has 0 aliphatic rings. The fourth-order valence-corrected chi connectivity index (χ4v) is 3.54. The van der Waals surface area contributed by atoms with Gasteiger partial charge in [0.25, 0.3) is 0 Å². The van der Waals surface area contributed by atoms with E-state index in [2.05, 4.69) is 28.4 Å². The molecular weight excluding hydrogens is 376 g/mol. The molecule has 7 nitrogen and oxygen atoms in total. The van der Waals surface area contributed by atoms with Crippen LogP contribution in [0.1, 0.15) is 38.1 Å². The third kappa shape index (κ3) is 6.76. The lowest BCUT2D eigenvalue weighted by atomic mass is 10.1. The van der Waals surface area contributed by atoms with Crippen molar-refractivity contribution in [1.82, 2.24) is 14.7 Å². The minimum Gasteiger partial charge on any atom is -0.497 e. The second-order valence-electron chi connectivity index (χ2n) is 6.56. The highest BCUT2D eigenvalue weighted by molar-refractivity contribution is 7.09. The number of carbonyl (C=O) groups is 1. The second kappa shape index (κ2) is 11.6. The Bertz CT molecular complexity index is 738. The van der Waals surface area contributed by atoms with Gasteiger partial charge in [-0.2, -0.15) is 4.37 Å². The zero-order valence-corrected chi connectivity index (χ0v) is 17.9. The Morgan fingerprint density at radius 2 is 2.18 bits per heavy atom. The summed E-state index contributed by atoms with van der Waals surface area (Å²) in [5, 5.41) is 3.72. The number of amides is 1. The molecule has 2 aromatic rings. The highest BCUT2D eigenvalue weighted by Crippen LogP contribution is 2.23. The first-order chi connectivity index (χ1) is 13.6. The third-order valence-electron chi connectivity index (χ3n) is 4.53. The normalized spacial score (nSPS) is 11.9. The maximum Gasteiger partial charge on any atom is 0.221 e. The summed E-state index contributed by atoms with van der Waals surface area (Å²) in [6.45, 7) is 5.94. The van der Waals surface area contributed by atoms with Crippen LogP contribution in [0.15, 0.2) is 24.3 Å². The topological polar surface area (TPSA) is 76.6 Å². The summed E-state index contributed by atoms with van der Waals surface area (Å²) in [5.41, 5.74) is 1.11. The van der Waals surface area contributed by atoms with E-state index in [0.717, 1.165) is 28.7 Å². The van der Waals surface area contributed by atoms with Crippen molar-refractivity contribution < 1.29 is 14.3 Å². The number of hydrogen-bond acceptors (Lipinski definition) is 7. The number of methoxy groups -OCH3 is 2. The van der Waals surface area contributed by atoms with Gasteiger partial charge in [0.15, 0.2) is 0 Å². The summed E-state index contributed by atoms with van der Waals surface area (Å²) in [5.74, 6) is 1.63. The molecule has 0 aliphatic carbocycles. The lowest BCUT2D eigenvalue weighted by Gasteiger charge is -2.27. The predicted molar refractivity (Wildman–Crippen MR) is 112 cm³/mol. The Balaban J connectivity index is 2.01. The van der Waals surface area contributed by atoms with Crippen LogP contribution in [0, 0.1) is 0 Å². The molecule has 0 bridgehead atoms. The van der Waals surface area contributed by atoms with Gasteiger partial charge in [-0.05, 0) is 31.0 Å². The molecule has 0 fully saturated rings. The minimum atomic E-state index is 0.0199. The fourth-order valence-electron chi connectivity index (χ4n) is 2.73. The Kier molecular flexibility index (Phi) is 9.16. The summed E-state index contributed by atoms with van der Waals surface area (Å²) in [7, 11) is 3.28. The van der Waals surface area contributed by atoms with E-state index in [1.54, 1.807) is 14.2 Å². The first-order valence-electron chi connectivity index (χ1n) is 9.55. The van der Waals surface area contributed by atoms with Gasteiger partial charge in [-0.3, -0.25) is 4.79 Å². The lowest BCUT2D eigenvalue weighted by Crippen LogP contribution is -2.37. The molecule has 1 aromatic carbocycles.